The van der Waals surface area contributed by atoms with Gasteiger partial charge in [-0.05, 0) is 12.1 Å². The van der Waals surface area contributed by atoms with Gasteiger partial charge >= 0.3 is 0 Å². The van der Waals surface area contributed by atoms with Crippen LogP contribution in [0.4, 0.5) is 11.4 Å². The number of nitrogens with zero attached hydrogens (tertiary/aromatic N) is 4. The molecule has 0 saturated carbocycles. The van der Waals surface area contributed by atoms with Gasteiger partial charge in [0, 0.05) is 24.6 Å². The number of aryl methyl sites for hydroxylation is 1. The summed E-state index contributed by atoms with van der Waals surface area (Å²) in [5.41, 5.74) is 0.639. The van der Waals surface area contributed by atoms with E-state index in [-0.39, 0.29) is 27.8 Å². The number of aromatic hydroxyl groups is 1. The molecule has 1 amide bonds. The van der Waals surface area contributed by atoms with E-state index in [2.05, 4.69) is 10.2 Å². The summed E-state index contributed by atoms with van der Waals surface area (Å²) >= 11 is 5.90. The summed E-state index contributed by atoms with van der Waals surface area (Å²) in [5.74, 6) is -0.903. The number of amides is 1. The summed E-state index contributed by atoms with van der Waals surface area (Å²) in [6, 6.07) is 10.6. The van der Waals surface area contributed by atoms with Crippen molar-refractivity contribution in [1.82, 2.24) is 4.57 Å². The minimum atomic E-state index is -0.771. The van der Waals surface area contributed by atoms with Crippen LogP contribution in [0.3, 0.4) is 0 Å². The molecule has 3 rings (SSSR count). The number of rotatable bonds is 3. The van der Waals surface area contributed by atoms with E-state index in [1.807, 2.05) is 6.07 Å². The van der Waals surface area contributed by atoms with Gasteiger partial charge in [0.05, 0.1) is 21.0 Å². The smallest absolute Gasteiger partial charge is 0.296 e. The highest BCUT2D eigenvalue weighted by Gasteiger charge is 2.17. The summed E-state index contributed by atoms with van der Waals surface area (Å²) < 4.78 is 1.52. The lowest BCUT2D eigenvalue weighted by Gasteiger charge is -1.99. The van der Waals surface area contributed by atoms with E-state index in [1.165, 1.54) is 10.6 Å². The number of azo groups is 1. The third kappa shape index (κ3) is 2.94. The molecule has 0 unspecified atom stereocenters. The fourth-order valence-corrected chi connectivity index (χ4v) is 2.65. The van der Waals surface area contributed by atoms with Crippen LogP contribution < -0.4 is 0 Å². The molecule has 0 fully saturated rings. The number of hydrogen-bond acceptors (Lipinski definition) is 5. The molecule has 1 aromatic heterocycles. The fraction of sp³-hybridized carbons (Fsp3) is 0.0625. The molecule has 0 aliphatic heterocycles. The van der Waals surface area contributed by atoms with Crippen LogP contribution in [0.15, 0.2) is 52.7 Å². The lowest BCUT2D eigenvalue weighted by atomic mass is 10.2. The quantitative estimate of drug-likeness (QED) is 0.425. The van der Waals surface area contributed by atoms with Gasteiger partial charge in [0.2, 0.25) is 5.88 Å². The van der Waals surface area contributed by atoms with Gasteiger partial charge in [0.25, 0.3) is 11.6 Å². The maximum absolute atomic E-state index is 12.2. The maximum atomic E-state index is 12.2. The first-order valence-corrected chi connectivity index (χ1v) is 7.44. The first-order valence-electron chi connectivity index (χ1n) is 7.06. The predicted molar refractivity (Wildman–Crippen MR) is 91.5 cm³/mol. The fourth-order valence-electron chi connectivity index (χ4n) is 2.40. The number of carbonyl (C=O) groups is 1. The van der Waals surface area contributed by atoms with E-state index in [0.29, 0.717) is 5.39 Å². The third-order valence-electron chi connectivity index (χ3n) is 3.68. The van der Waals surface area contributed by atoms with Gasteiger partial charge in [-0.2, -0.15) is 0 Å². The molecule has 25 heavy (non-hydrogen) atoms. The van der Waals surface area contributed by atoms with Gasteiger partial charge in [-0.15, -0.1) is 10.2 Å². The van der Waals surface area contributed by atoms with E-state index in [4.69, 9.17) is 11.6 Å². The van der Waals surface area contributed by atoms with Gasteiger partial charge in [-0.25, -0.2) is 0 Å². The van der Waals surface area contributed by atoms with Crippen molar-refractivity contribution in [2.45, 2.75) is 0 Å². The van der Waals surface area contributed by atoms with Crippen molar-refractivity contribution in [2.24, 2.45) is 17.3 Å². The van der Waals surface area contributed by atoms with E-state index in [9.17, 15) is 20.0 Å². The molecule has 0 bridgehead atoms. The molecule has 9 heteroatoms. The van der Waals surface area contributed by atoms with Gasteiger partial charge in [0.15, 0.2) is 5.69 Å². The maximum Gasteiger partial charge on any atom is 0.296 e. The SMILES string of the molecule is Cn1c(O)c(N=NC(=O)c2ccc([N+](=O)[O-])cc2Cl)c2ccccc21. The zero-order chi connectivity index (χ0) is 18.1. The molecule has 126 valence electrons. The molecule has 2 aromatic carbocycles. The standard InChI is InChI=1S/C16H11ClN4O4/c1-20-13-5-3-2-4-11(13)14(16(20)23)18-19-15(22)10-7-6-9(21(24)25)8-12(10)17/h2-8,23H,1H3. The van der Waals surface area contributed by atoms with E-state index >= 15 is 0 Å². The highest BCUT2D eigenvalue weighted by molar-refractivity contribution is 6.34. The van der Waals surface area contributed by atoms with Crippen molar-refractivity contribution >= 4 is 39.8 Å². The van der Waals surface area contributed by atoms with Crippen LogP contribution in [0.25, 0.3) is 10.9 Å². The topological polar surface area (TPSA) is 110 Å². The second-order valence-electron chi connectivity index (χ2n) is 5.17. The Morgan fingerprint density at radius 3 is 2.68 bits per heavy atom. The molecular weight excluding hydrogens is 348 g/mol. The largest absolute Gasteiger partial charge is 0.493 e. The molecule has 8 nitrogen and oxygen atoms in total. The highest BCUT2D eigenvalue weighted by atomic mass is 35.5. The minimum Gasteiger partial charge on any atom is -0.493 e. The molecular formula is C16H11ClN4O4. The van der Waals surface area contributed by atoms with Crippen LogP contribution in [0.2, 0.25) is 5.02 Å². The van der Waals surface area contributed by atoms with Crippen LogP contribution in [0, 0.1) is 10.1 Å². The van der Waals surface area contributed by atoms with E-state index in [0.717, 1.165) is 17.6 Å². The lowest BCUT2D eigenvalue weighted by molar-refractivity contribution is -0.384. The van der Waals surface area contributed by atoms with Gasteiger partial charge in [0.1, 0.15) is 0 Å². The highest BCUT2D eigenvalue weighted by Crippen LogP contribution is 2.38. The second-order valence-corrected chi connectivity index (χ2v) is 5.58. The monoisotopic (exact) mass is 358 g/mol. The Labute approximate surface area is 146 Å². The van der Waals surface area contributed by atoms with Gasteiger partial charge < -0.3 is 9.67 Å². The Bertz CT molecular complexity index is 1040. The number of aromatic nitrogens is 1. The van der Waals surface area contributed by atoms with E-state index in [1.54, 1.807) is 25.2 Å². The number of nitro benzene ring substituents is 1. The van der Waals surface area contributed by atoms with Crippen LogP contribution in [0.1, 0.15) is 10.4 Å². The van der Waals surface area contributed by atoms with Crippen molar-refractivity contribution in [3.8, 4) is 5.88 Å². The number of hydrogen-bond donors (Lipinski definition) is 1. The first kappa shape index (κ1) is 16.6. The number of benzene rings is 2. The molecule has 1 N–H and O–H groups in total. The van der Waals surface area contributed by atoms with Crippen molar-refractivity contribution in [1.29, 1.82) is 0 Å². The molecule has 1 heterocycles. The van der Waals surface area contributed by atoms with Crippen LogP contribution in [0.5, 0.6) is 5.88 Å². The number of fused-ring (bicyclic) bond motifs is 1. The zero-order valence-electron chi connectivity index (χ0n) is 12.9. The Kier molecular flexibility index (Phi) is 4.20. The Balaban J connectivity index is 1.97. The van der Waals surface area contributed by atoms with Crippen LogP contribution in [-0.2, 0) is 7.05 Å². The molecule has 0 aliphatic carbocycles. The molecule has 0 spiro atoms. The summed E-state index contributed by atoms with van der Waals surface area (Å²) in [5, 5.41) is 28.8. The average Bonchev–Trinajstić information content (AvgIpc) is 2.84. The summed E-state index contributed by atoms with van der Waals surface area (Å²) in [6.07, 6.45) is 0. The zero-order valence-corrected chi connectivity index (χ0v) is 13.6. The molecule has 0 aliphatic rings. The van der Waals surface area contributed by atoms with Gasteiger partial charge in [-0.3, -0.25) is 14.9 Å². The van der Waals surface area contributed by atoms with Crippen LogP contribution in [-0.4, -0.2) is 20.5 Å². The number of nitro groups is 1. The van der Waals surface area contributed by atoms with Gasteiger partial charge in [-0.1, -0.05) is 29.8 Å². The summed E-state index contributed by atoms with van der Waals surface area (Å²) in [7, 11) is 1.66. The number of non-ortho nitro benzene ring substituents is 1. The van der Waals surface area contributed by atoms with Crippen LogP contribution >= 0.6 is 11.6 Å². The minimum absolute atomic E-state index is 0.0178. The predicted octanol–water partition coefficient (Wildman–Crippen LogP) is 4.37. The molecule has 0 atom stereocenters. The molecule has 3 aromatic rings. The molecule has 0 radical (unpaired) electrons. The summed E-state index contributed by atoms with van der Waals surface area (Å²) in [4.78, 5) is 22.3. The van der Waals surface area contributed by atoms with Crippen molar-refractivity contribution in [2.75, 3.05) is 0 Å². The number of para-hydroxylation sites is 1. The Morgan fingerprint density at radius 1 is 1.28 bits per heavy atom. The number of halogens is 1. The normalized spacial score (nSPS) is 11.3. The Morgan fingerprint density at radius 2 is 2.00 bits per heavy atom. The van der Waals surface area contributed by atoms with Crippen molar-refractivity contribution in [3.05, 3.63) is 63.2 Å². The number of carbonyl (C=O) groups excluding carboxylic acids is 1. The average molecular weight is 359 g/mol. The first-order chi connectivity index (χ1) is 11.9. The Hall–Kier alpha value is -3.26. The third-order valence-corrected chi connectivity index (χ3v) is 4.00. The lowest BCUT2D eigenvalue weighted by Crippen LogP contribution is -1.96. The van der Waals surface area contributed by atoms with E-state index < -0.39 is 10.8 Å². The summed E-state index contributed by atoms with van der Waals surface area (Å²) in [6.45, 7) is 0. The van der Waals surface area contributed by atoms with Crippen molar-refractivity contribution in [3.63, 3.8) is 0 Å². The van der Waals surface area contributed by atoms with Crippen molar-refractivity contribution < 1.29 is 14.8 Å². The second kappa shape index (κ2) is 6.33. The molecule has 0 saturated heterocycles.